The maximum Gasteiger partial charge on any atom is 0.302 e. The highest BCUT2D eigenvalue weighted by Gasteiger charge is 2.70. The van der Waals surface area contributed by atoms with E-state index in [4.69, 9.17) is 0 Å². The zero-order valence-corrected chi connectivity index (χ0v) is 12.9. The van der Waals surface area contributed by atoms with Crippen molar-refractivity contribution in [2.75, 3.05) is 0 Å². The summed E-state index contributed by atoms with van der Waals surface area (Å²) in [6.45, 7) is 0. The summed E-state index contributed by atoms with van der Waals surface area (Å²) in [5.74, 6) is -3.25. The van der Waals surface area contributed by atoms with Crippen LogP contribution < -0.4 is 0 Å². The molecule has 0 nitrogen and oxygen atoms in total. The smallest absolute Gasteiger partial charge is 0.201 e. The van der Waals surface area contributed by atoms with Crippen molar-refractivity contribution in [1.29, 1.82) is 0 Å². The summed E-state index contributed by atoms with van der Waals surface area (Å²) in [4.78, 5) is 0. The fourth-order valence-corrected chi connectivity index (χ4v) is 5.65. The van der Waals surface area contributed by atoms with Crippen molar-refractivity contribution in [2.45, 2.75) is 14.1 Å². The summed E-state index contributed by atoms with van der Waals surface area (Å²) in [5.41, 5.74) is 0.718. The summed E-state index contributed by atoms with van der Waals surface area (Å²) in [6, 6.07) is 0. The first kappa shape index (κ1) is 12.9. The molecule has 1 aromatic heterocycles. The third-order valence-electron chi connectivity index (χ3n) is 2.35. The van der Waals surface area contributed by atoms with Gasteiger partial charge in [0.1, 0.15) is 8.16 Å². The van der Waals surface area contributed by atoms with Crippen molar-refractivity contribution in [3.63, 3.8) is 0 Å². The molecular weight excluding hydrogens is 362 g/mol. The molecule has 0 bridgehead atoms. The molecule has 1 aromatic rings. The molecule has 1 heterocycles. The second-order valence-electron chi connectivity index (χ2n) is 3.22. The van der Waals surface area contributed by atoms with E-state index < -0.39 is 14.1 Å². The van der Waals surface area contributed by atoms with Gasteiger partial charge in [-0.05, 0) is 21.3 Å². The van der Waals surface area contributed by atoms with E-state index in [1.807, 2.05) is 0 Å². The first-order valence-corrected chi connectivity index (χ1v) is 7.15. The topological polar surface area (TPSA) is 0 Å². The number of rotatable bonds is 0. The minimum absolute atomic E-state index is 0.356. The summed E-state index contributed by atoms with van der Waals surface area (Å²) < 4.78 is 24.9. The summed E-state index contributed by atoms with van der Waals surface area (Å²) >= 11 is 20.3. The molecule has 0 saturated carbocycles. The van der Waals surface area contributed by atoms with Gasteiger partial charge in [-0.15, -0.1) is 11.3 Å². The highest BCUT2D eigenvalue weighted by atomic mass is 79.9. The molecule has 1 aliphatic rings. The molecule has 0 atom stereocenters. The van der Waals surface area contributed by atoms with Crippen molar-refractivity contribution in [3.8, 4) is 0 Å². The van der Waals surface area contributed by atoms with Crippen molar-refractivity contribution >= 4 is 77.8 Å². The Labute approximate surface area is 120 Å². The third kappa shape index (κ3) is 1.41. The first-order valence-electron chi connectivity index (χ1n) is 3.69. The van der Waals surface area contributed by atoms with Crippen LogP contribution in [0.25, 0.3) is 0 Å². The zero-order valence-electron chi connectivity index (χ0n) is 6.91. The molecule has 0 N–H and O–H groups in total. The molecule has 0 fully saturated rings. The Morgan fingerprint density at radius 2 is 1.67 bits per heavy atom. The summed E-state index contributed by atoms with van der Waals surface area (Å²) in [6.07, 6.45) is 0. The van der Waals surface area contributed by atoms with Crippen LogP contribution >= 0.6 is 77.8 Å². The van der Waals surface area contributed by atoms with E-state index >= 15 is 0 Å². The van der Waals surface area contributed by atoms with Gasteiger partial charge in [0.05, 0.1) is 3.79 Å². The highest BCUT2D eigenvalue weighted by molar-refractivity contribution is 9.11. The second kappa shape index (κ2) is 3.47. The van der Waals surface area contributed by atoms with Crippen LogP contribution in [-0.4, -0.2) is 5.92 Å². The van der Waals surface area contributed by atoms with E-state index in [2.05, 4.69) is 66.4 Å². The lowest BCUT2D eigenvalue weighted by molar-refractivity contribution is -0.0116. The fraction of sp³-hybridized carbons (Fsp3) is 0.429. The molecule has 84 valence electrons. The fourth-order valence-electron chi connectivity index (χ4n) is 1.48. The Balaban J connectivity index is 2.79. The number of thiophene rings is 1. The van der Waals surface area contributed by atoms with Gasteiger partial charge in [-0.25, -0.2) is 8.78 Å². The standard InChI is InChI=1S/C7H5BrF2S5/c8-4-3-2(1-15-4)5(11,12)7(9,10)6(3,13)14/h1,11-14H. The van der Waals surface area contributed by atoms with Crippen LogP contribution in [0.1, 0.15) is 11.1 Å². The Kier molecular flexibility index (Phi) is 2.98. The Morgan fingerprint density at radius 3 is 2.13 bits per heavy atom. The van der Waals surface area contributed by atoms with Crippen LogP contribution in [0.2, 0.25) is 0 Å². The molecule has 1 aliphatic carbocycles. The SMILES string of the molecule is FC1(F)C(S)(S)c2csc(Br)c2C1(S)S. The second-order valence-corrected chi connectivity index (χ2v) is 8.80. The van der Waals surface area contributed by atoms with E-state index in [-0.39, 0.29) is 0 Å². The van der Waals surface area contributed by atoms with Crippen LogP contribution in [0.4, 0.5) is 8.78 Å². The molecular formula is C7H5BrF2S5. The van der Waals surface area contributed by atoms with E-state index in [1.54, 1.807) is 5.38 Å². The largest absolute Gasteiger partial charge is 0.302 e. The van der Waals surface area contributed by atoms with E-state index in [9.17, 15) is 8.78 Å². The molecule has 0 saturated heterocycles. The predicted octanol–water partition coefficient (Wildman–Crippen LogP) is 4.18. The Bertz CT molecular complexity index is 425. The maximum atomic E-state index is 14.0. The number of fused-ring (bicyclic) bond motifs is 1. The Morgan fingerprint density at radius 1 is 1.13 bits per heavy atom. The van der Waals surface area contributed by atoms with E-state index in [0.717, 1.165) is 0 Å². The quantitative estimate of drug-likeness (QED) is 0.384. The van der Waals surface area contributed by atoms with Crippen LogP contribution in [0.5, 0.6) is 0 Å². The molecule has 0 radical (unpaired) electrons. The highest BCUT2D eigenvalue weighted by Crippen LogP contribution is 2.68. The van der Waals surface area contributed by atoms with E-state index in [1.165, 1.54) is 11.3 Å². The predicted molar refractivity (Wildman–Crippen MR) is 76.3 cm³/mol. The molecule has 8 heteroatoms. The van der Waals surface area contributed by atoms with Crippen molar-refractivity contribution in [1.82, 2.24) is 0 Å². The van der Waals surface area contributed by atoms with Crippen LogP contribution in [0.15, 0.2) is 9.17 Å². The maximum absolute atomic E-state index is 14.0. The molecule has 0 spiro atoms. The van der Waals surface area contributed by atoms with Crippen LogP contribution in [0.3, 0.4) is 0 Å². The number of halogens is 3. The van der Waals surface area contributed by atoms with Crippen molar-refractivity contribution in [2.24, 2.45) is 0 Å². The lowest BCUT2D eigenvalue weighted by Gasteiger charge is -2.32. The summed E-state index contributed by atoms with van der Waals surface area (Å²) in [7, 11) is 0. The minimum Gasteiger partial charge on any atom is -0.201 e. The van der Waals surface area contributed by atoms with Crippen LogP contribution in [0, 0.1) is 0 Å². The molecule has 0 aliphatic heterocycles. The average molecular weight is 367 g/mol. The van der Waals surface area contributed by atoms with Gasteiger partial charge in [-0.2, -0.15) is 50.5 Å². The molecule has 0 aromatic carbocycles. The molecule has 0 amide bonds. The van der Waals surface area contributed by atoms with Crippen molar-refractivity contribution < 1.29 is 8.78 Å². The molecule has 0 unspecified atom stereocenters. The first-order chi connectivity index (χ1) is 6.64. The lowest BCUT2D eigenvalue weighted by atomic mass is 10.2. The number of hydrogen-bond acceptors (Lipinski definition) is 5. The van der Waals surface area contributed by atoms with Gasteiger partial charge in [0.25, 0.3) is 0 Å². The third-order valence-corrected chi connectivity index (χ3v) is 6.12. The van der Waals surface area contributed by atoms with Gasteiger partial charge in [-0.1, -0.05) is 0 Å². The van der Waals surface area contributed by atoms with Crippen LogP contribution in [-0.2, 0) is 8.16 Å². The van der Waals surface area contributed by atoms with Gasteiger partial charge < -0.3 is 0 Å². The summed E-state index contributed by atoms with van der Waals surface area (Å²) in [5, 5.41) is 1.60. The monoisotopic (exact) mass is 366 g/mol. The van der Waals surface area contributed by atoms with Gasteiger partial charge in [0, 0.05) is 11.1 Å². The molecule has 2 rings (SSSR count). The Hall–Kier alpha value is 1.44. The van der Waals surface area contributed by atoms with Gasteiger partial charge in [0.2, 0.25) is 0 Å². The lowest BCUT2D eigenvalue weighted by Crippen LogP contribution is -2.41. The van der Waals surface area contributed by atoms with Gasteiger partial charge >= 0.3 is 5.92 Å². The number of hydrogen-bond donors (Lipinski definition) is 4. The average Bonchev–Trinajstić information content (AvgIpc) is 2.50. The van der Waals surface area contributed by atoms with Crippen molar-refractivity contribution in [3.05, 3.63) is 20.3 Å². The number of alkyl halides is 2. The number of thiol groups is 4. The van der Waals surface area contributed by atoms with E-state index in [0.29, 0.717) is 14.9 Å². The molecule has 15 heavy (non-hydrogen) atoms. The zero-order chi connectivity index (χ0) is 11.6. The normalized spacial score (nSPS) is 25.3. The van der Waals surface area contributed by atoms with Gasteiger partial charge in [0.15, 0.2) is 0 Å². The van der Waals surface area contributed by atoms with Gasteiger partial charge in [-0.3, -0.25) is 0 Å². The minimum atomic E-state index is -3.25.